The Morgan fingerprint density at radius 3 is 2.56 bits per heavy atom. The van der Waals surface area contributed by atoms with Crippen molar-refractivity contribution in [1.82, 2.24) is 9.36 Å². The SMILES string of the molecule is COc1cc(O)ccc1C=Nc1c(C)n(C)n(-c2ccccc2)c1=O. The second-order valence-corrected chi connectivity index (χ2v) is 5.59. The highest BCUT2D eigenvalue weighted by molar-refractivity contribution is 5.86. The van der Waals surface area contributed by atoms with Gasteiger partial charge in [-0.3, -0.25) is 9.48 Å². The zero-order chi connectivity index (χ0) is 18.0. The first-order chi connectivity index (χ1) is 12.0. The number of hydrogen-bond acceptors (Lipinski definition) is 4. The van der Waals surface area contributed by atoms with Gasteiger partial charge in [-0.05, 0) is 31.2 Å². The lowest BCUT2D eigenvalue weighted by Crippen LogP contribution is -2.19. The number of phenolic OH excluding ortho intramolecular Hbond substituents is 1. The molecular weight excluding hydrogens is 318 g/mol. The number of aromatic hydroxyl groups is 1. The number of ether oxygens (including phenoxy) is 1. The Balaban J connectivity index is 2.07. The molecule has 0 spiro atoms. The first-order valence-corrected chi connectivity index (χ1v) is 7.78. The van der Waals surface area contributed by atoms with E-state index in [1.54, 1.807) is 27.7 Å². The zero-order valence-corrected chi connectivity index (χ0v) is 14.3. The maximum atomic E-state index is 12.8. The minimum absolute atomic E-state index is 0.108. The van der Waals surface area contributed by atoms with Gasteiger partial charge in [-0.15, -0.1) is 0 Å². The van der Waals surface area contributed by atoms with Crippen molar-refractivity contribution < 1.29 is 9.84 Å². The molecule has 1 N–H and O–H groups in total. The molecule has 1 aromatic heterocycles. The van der Waals surface area contributed by atoms with E-state index in [1.165, 1.54) is 13.2 Å². The van der Waals surface area contributed by atoms with Crippen molar-refractivity contribution in [3.05, 3.63) is 70.1 Å². The lowest BCUT2D eigenvalue weighted by atomic mass is 10.2. The van der Waals surface area contributed by atoms with Crippen LogP contribution in [0.4, 0.5) is 5.69 Å². The molecule has 1 heterocycles. The Bertz CT molecular complexity index is 985. The molecule has 25 heavy (non-hydrogen) atoms. The van der Waals surface area contributed by atoms with E-state index in [4.69, 9.17) is 4.74 Å². The summed E-state index contributed by atoms with van der Waals surface area (Å²) in [5, 5.41) is 9.53. The molecule has 0 radical (unpaired) electrons. The van der Waals surface area contributed by atoms with Crippen molar-refractivity contribution in [3.8, 4) is 17.2 Å². The van der Waals surface area contributed by atoms with Crippen LogP contribution in [0.15, 0.2) is 58.3 Å². The second-order valence-electron chi connectivity index (χ2n) is 5.59. The van der Waals surface area contributed by atoms with Gasteiger partial charge in [-0.25, -0.2) is 9.67 Å². The zero-order valence-electron chi connectivity index (χ0n) is 14.3. The fourth-order valence-electron chi connectivity index (χ4n) is 2.64. The van der Waals surface area contributed by atoms with Crippen molar-refractivity contribution in [2.75, 3.05) is 7.11 Å². The highest BCUT2D eigenvalue weighted by atomic mass is 16.5. The predicted octanol–water partition coefficient (Wildman–Crippen LogP) is 2.95. The molecule has 0 amide bonds. The van der Waals surface area contributed by atoms with E-state index in [1.807, 2.05) is 44.3 Å². The normalized spacial score (nSPS) is 11.2. The molecule has 6 nitrogen and oxygen atoms in total. The second kappa shape index (κ2) is 6.68. The van der Waals surface area contributed by atoms with Gasteiger partial charge in [0.25, 0.3) is 5.56 Å². The van der Waals surface area contributed by atoms with Crippen molar-refractivity contribution in [3.63, 3.8) is 0 Å². The predicted molar refractivity (Wildman–Crippen MR) is 97.7 cm³/mol. The summed E-state index contributed by atoms with van der Waals surface area (Å²) >= 11 is 0. The number of aromatic nitrogens is 2. The number of benzene rings is 2. The van der Waals surface area contributed by atoms with Gasteiger partial charge < -0.3 is 9.84 Å². The van der Waals surface area contributed by atoms with Crippen molar-refractivity contribution in [2.45, 2.75) is 6.92 Å². The van der Waals surface area contributed by atoms with Crippen LogP contribution in [-0.4, -0.2) is 27.8 Å². The van der Waals surface area contributed by atoms with Crippen molar-refractivity contribution >= 4 is 11.9 Å². The Hall–Kier alpha value is -3.28. The maximum absolute atomic E-state index is 12.8. The van der Waals surface area contributed by atoms with Crippen LogP contribution in [0.25, 0.3) is 5.69 Å². The number of phenols is 1. The Labute approximate surface area is 145 Å². The van der Waals surface area contributed by atoms with Gasteiger partial charge in [-0.2, -0.15) is 0 Å². The number of aliphatic imine (C=N–C) groups is 1. The molecular formula is C19H19N3O3. The smallest absolute Gasteiger partial charge is 0.297 e. The summed E-state index contributed by atoms with van der Waals surface area (Å²) in [5.74, 6) is 0.594. The summed E-state index contributed by atoms with van der Waals surface area (Å²) in [6, 6.07) is 14.1. The number of methoxy groups -OCH3 is 1. The van der Waals surface area contributed by atoms with E-state index in [-0.39, 0.29) is 11.3 Å². The highest BCUT2D eigenvalue weighted by Crippen LogP contribution is 2.23. The van der Waals surface area contributed by atoms with E-state index in [0.717, 1.165) is 11.4 Å². The van der Waals surface area contributed by atoms with Crippen LogP contribution in [-0.2, 0) is 7.05 Å². The van der Waals surface area contributed by atoms with E-state index in [0.29, 0.717) is 17.0 Å². The van der Waals surface area contributed by atoms with Crippen LogP contribution in [0.1, 0.15) is 11.3 Å². The largest absolute Gasteiger partial charge is 0.508 e. The maximum Gasteiger partial charge on any atom is 0.297 e. The molecule has 0 bridgehead atoms. The Morgan fingerprint density at radius 1 is 1.16 bits per heavy atom. The third-order valence-corrected chi connectivity index (χ3v) is 4.07. The summed E-state index contributed by atoms with van der Waals surface area (Å²) in [6.07, 6.45) is 1.57. The van der Waals surface area contributed by atoms with Crippen LogP contribution in [0.2, 0.25) is 0 Å². The van der Waals surface area contributed by atoms with Gasteiger partial charge in [-0.1, -0.05) is 18.2 Å². The molecule has 0 unspecified atom stereocenters. The fourth-order valence-corrected chi connectivity index (χ4v) is 2.64. The lowest BCUT2D eigenvalue weighted by Gasteiger charge is -2.07. The van der Waals surface area contributed by atoms with Gasteiger partial charge in [0.05, 0.1) is 18.5 Å². The fraction of sp³-hybridized carbons (Fsp3) is 0.158. The molecule has 3 rings (SSSR count). The summed E-state index contributed by atoms with van der Waals surface area (Å²) in [7, 11) is 3.34. The van der Waals surface area contributed by atoms with Crippen LogP contribution in [0, 0.1) is 6.92 Å². The number of nitrogens with zero attached hydrogens (tertiary/aromatic N) is 3. The van der Waals surface area contributed by atoms with Crippen molar-refractivity contribution in [2.24, 2.45) is 12.0 Å². The monoisotopic (exact) mass is 337 g/mol. The minimum Gasteiger partial charge on any atom is -0.508 e. The number of hydrogen-bond donors (Lipinski definition) is 1. The van der Waals surface area contributed by atoms with E-state index >= 15 is 0 Å². The molecule has 0 aliphatic carbocycles. The molecule has 3 aromatic rings. The van der Waals surface area contributed by atoms with Gasteiger partial charge in [0, 0.05) is 24.9 Å². The van der Waals surface area contributed by atoms with Crippen LogP contribution < -0.4 is 10.3 Å². The Morgan fingerprint density at radius 2 is 1.88 bits per heavy atom. The average Bonchev–Trinajstić information content (AvgIpc) is 2.84. The molecule has 0 aliphatic heterocycles. The van der Waals surface area contributed by atoms with Gasteiger partial charge in [0.2, 0.25) is 0 Å². The average molecular weight is 337 g/mol. The molecule has 0 atom stereocenters. The minimum atomic E-state index is -0.194. The topological polar surface area (TPSA) is 68.8 Å². The first kappa shape index (κ1) is 16.6. The van der Waals surface area contributed by atoms with Crippen LogP contribution in [0.3, 0.4) is 0 Å². The molecule has 128 valence electrons. The molecule has 6 heteroatoms. The number of rotatable bonds is 4. The first-order valence-electron chi connectivity index (χ1n) is 7.78. The summed E-state index contributed by atoms with van der Waals surface area (Å²) in [6.45, 7) is 1.85. The van der Waals surface area contributed by atoms with E-state index < -0.39 is 0 Å². The van der Waals surface area contributed by atoms with Gasteiger partial charge in [0.1, 0.15) is 11.5 Å². The molecule has 0 fully saturated rings. The third kappa shape index (κ3) is 3.06. The summed E-state index contributed by atoms with van der Waals surface area (Å²) < 4.78 is 8.59. The third-order valence-electron chi connectivity index (χ3n) is 4.07. The summed E-state index contributed by atoms with van der Waals surface area (Å²) in [4.78, 5) is 17.2. The van der Waals surface area contributed by atoms with Crippen LogP contribution in [0.5, 0.6) is 11.5 Å². The van der Waals surface area contributed by atoms with Crippen LogP contribution >= 0.6 is 0 Å². The van der Waals surface area contributed by atoms with Gasteiger partial charge >= 0.3 is 0 Å². The Kier molecular flexibility index (Phi) is 4.43. The molecule has 0 saturated carbocycles. The van der Waals surface area contributed by atoms with Crippen molar-refractivity contribution in [1.29, 1.82) is 0 Å². The standard InChI is InChI=1S/C19H19N3O3/c1-13-18(20-12-14-9-10-16(23)11-17(14)25-3)19(24)22(21(13)2)15-7-5-4-6-8-15/h4-12,23H,1-3H3. The highest BCUT2D eigenvalue weighted by Gasteiger charge is 2.15. The quantitative estimate of drug-likeness (QED) is 0.744. The molecule has 2 aromatic carbocycles. The lowest BCUT2D eigenvalue weighted by molar-refractivity contribution is 0.407. The van der Waals surface area contributed by atoms with E-state index in [2.05, 4.69) is 4.99 Å². The van der Waals surface area contributed by atoms with Gasteiger partial charge in [0.15, 0.2) is 5.69 Å². The molecule has 0 saturated heterocycles. The summed E-state index contributed by atoms with van der Waals surface area (Å²) in [5.41, 5.74) is 2.38. The van der Waals surface area contributed by atoms with E-state index in [9.17, 15) is 9.90 Å². The number of para-hydroxylation sites is 1. The molecule has 0 aliphatic rings.